The second kappa shape index (κ2) is 4.95. The molecule has 2 aromatic rings. The van der Waals surface area contributed by atoms with Crippen molar-refractivity contribution in [2.75, 3.05) is 7.05 Å². The molecular weight excluding hydrogens is 240 g/mol. The average molecular weight is 253 g/mol. The molecule has 0 aliphatic carbocycles. The molecule has 0 spiro atoms. The van der Waals surface area contributed by atoms with E-state index in [0.29, 0.717) is 0 Å². The van der Waals surface area contributed by atoms with Crippen LogP contribution in [0.15, 0.2) is 24.3 Å². The molecular formula is C12H13ClN2S. The summed E-state index contributed by atoms with van der Waals surface area (Å²) in [7, 11) is 1.92. The van der Waals surface area contributed by atoms with E-state index in [4.69, 9.17) is 11.6 Å². The highest BCUT2D eigenvalue weighted by Crippen LogP contribution is 2.32. The van der Waals surface area contributed by atoms with Crippen LogP contribution in [0.3, 0.4) is 0 Å². The fraction of sp³-hybridized carbons (Fsp3) is 0.250. The molecule has 0 fully saturated rings. The molecule has 2 rings (SSSR count). The maximum Gasteiger partial charge on any atom is 0.125 e. The minimum Gasteiger partial charge on any atom is -0.314 e. The third-order valence-electron chi connectivity index (χ3n) is 2.34. The zero-order chi connectivity index (χ0) is 11.5. The van der Waals surface area contributed by atoms with Gasteiger partial charge in [0.05, 0.1) is 10.7 Å². The Hall–Kier alpha value is -0.900. The van der Waals surface area contributed by atoms with Crippen molar-refractivity contribution in [3.05, 3.63) is 39.9 Å². The Morgan fingerprint density at radius 3 is 2.81 bits per heavy atom. The van der Waals surface area contributed by atoms with Gasteiger partial charge < -0.3 is 5.32 Å². The Bertz CT molecular complexity index is 494. The molecule has 1 aromatic heterocycles. The number of rotatable bonds is 3. The summed E-state index contributed by atoms with van der Waals surface area (Å²) in [6.07, 6.45) is 0. The lowest BCUT2D eigenvalue weighted by molar-refractivity contribution is 0.793. The normalized spacial score (nSPS) is 10.7. The maximum atomic E-state index is 6.15. The van der Waals surface area contributed by atoms with Crippen molar-refractivity contribution in [1.29, 1.82) is 0 Å². The molecule has 0 aliphatic rings. The van der Waals surface area contributed by atoms with E-state index >= 15 is 0 Å². The maximum absolute atomic E-state index is 6.15. The molecule has 2 nitrogen and oxygen atoms in total. The van der Waals surface area contributed by atoms with Crippen LogP contribution in [0, 0.1) is 6.92 Å². The summed E-state index contributed by atoms with van der Waals surface area (Å²) in [5.41, 5.74) is 2.11. The van der Waals surface area contributed by atoms with E-state index in [1.54, 1.807) is 11.3 Å². The van der Waals surface area contributed by atoms with Crippen LogP contribution in [0.25, 0.3) is 10.6 Å². The molecule has 0 unspecified atom stereocenters. The SMILES string of the molecule is CNCc1nc(-c2ccccc2Cl)sc1C. The van der Waals surface area contributed by atoms with Crippen LogP contribution in [0.5, 0.6) is 0 Å². The van der Waals surface area contributed by atoms with Gasteiger partial charge in [0.25, 0.3) is 0 Å². The van der Waals surface area contributed by atoms with E-state index in [9.17, 15) is 0 Å². The van der Waals surface area contributed by atoms with E-state index in [-0.39, 0.29) is 0 Å². The predicted octanol–water partition coefficient (Wildman–Crippen LogP) is 3.49. The number of benzene rings is 1. The lowest BCUT2D eigenvalue weighted by Crippen LogP contribution is -2.06. The topological polar surface area (TPSA) is 24.9 Å². The second-order valence-electron chi connectivity index (χ2n) is 3.53. The van der Waals surface area contributed by atoms with Gasteiger partial charge in [0.1, 0.15) is 5.01 Å². The van der Waals surface area contributed by atoms with E-state index in [2.05, 4.69) is 17.2 Å². The second-order valence-corrected chi connectivity index (χ2v) is 5.14. The van der Waals surface area contributed by atoms with E-state index < -0.39 is 0 Å². The summed E-state index contributed by atoms with van der Waals surface area (Å²) in [4.78, 5) is 5.84. The van der Waals surface area contributed by atoms with Crippen molar-refractivity contribution in [1.82, 2.24) is 10.3 Å². The highest BCUT2D eigenvalue weighted by molar-refractivity contribution is 7.15. The first-order valence-electron chi connectivity index (χ1n) is 5.08. The number of nitrogens with one attached hydrogen (secondary N) is 1. The standard InChI is InChI=1S/C12H13ClN2S/c1-8-11(7-14-2)15-12(16-8)9-5-3-4-6-10(9)13/h3-6,14H,7H2,1-2H3. The Labute approximate surface area is 104 Å². The van der Waals surface area contributed by atoms with Gasteiger partial charge in [-0.15, -0.1) is 11.3 Å². The minimum atomic E-state index is 0.757. The molecule has 0 atom stereocenters. The van der Waals surface area contributed by atoms with Crippen LogP contribution < -0.4 is 5.32 Å². The van der Waals surface area contributed by atoms with Crippen molar-refractivity contribution < 1.29 is 0 Å². The zero-order valence-electron chi connectivity index (χ0n) is 9.25. The predicted molar refractivity (Wildman–Crippen MR) is 70.1 cm³/mol. The van der Waals surface area contributed by atoms with Gasteiger partial charge >= 0.3 is 0 Å². The monoisotopic (exact) mass is 252 g/mol. The van der Waals surface area contributed by atoms with Crippen molar-refractivity contribution in [3.8, 4) is 10.6 Å². The number of aryl methyl sites for hydroxylation is 1. The molecule has 84 valence electrons. The van der Waals surface area contributed by atoms with Crippen LogP contribution in [0.2, 0.25) is 5.02 Å². The van der Waals surface area contributed by atoms with Gasteiger partial charge in [-0.1, -0.05) is 29.8 Å². The molecule has 1 aromatic carbocycles. The fourth-order valence-electron chi connectivity index (χ4n) is 1.51. The molecule has 0 aliphatic heterocycles. The Kier molecular flexibility index (Phi) is 3.59. The third kappa shape index (κ3) is 2.26. The summed E-state index contributed by atoms with van der Waals surface area (Å²) in [5, 5.41) is 4.87. The molecule has 4 heteroatoms. The first kappa shape index (κ1) is 11.6. The molecule has 0 bridgehead atoms. The van der Waals surface area contributed by atoms with Crippen LogP contribution in [-0.2, 0) is 6.54 Å². The quantitative estimate of drug-likeness (QED) is 0.905. The number of aromatic nitrogens is 1. The number of halogens is 1. The van der Waals surface area contributed by atoms with Crippen molar-refractivity contribution in [3.63, 3.8) is 0 Å². The number of hydrogen-bond acceptors (Lipinski definition) is 3. The van der Waals surface area contributed by atoms with Crippen molar-refractivity contribution >= 4 is 22.9 Å². The highest BCUT2D eigenvalue weighted by atomic mass is 35.5. The number of hydrogen-bond donors (Lipinski definition) is 1. The molecule has 0 saturated heterocycles. The van der Waals surface area contributed by atoms with Crippen LogP contribution >= 0.6 is 22.9 Å². The lowest BCUT2D eigenvalue weighted by atomic mass is 10.2. The van der Waals surface area contributed by atoms with Crippen LogP contribution in [0.1, 0.15) is 10.6 Å². The van der Waals surface area contributed by atoms with Gasteiger partial charge in [-0.2, -0.15) is 0 Å². The average Bonchev–Trinajstić information content (AvgIpc) is 2.61. The van der Waals surface area contributed by atoms with Gasteiger partial charge in [0.2, 0.25) is 0 Å². The highest BCUT2D eigenvalue weighted by Gasteiger charge is 2.10. The molecule has 1 N–H and O–H groups in total. The fourth-order valence-corrected chi connectivity index (χ4v) is 2.76. The number of thiazole rings is 1. The summed E-state index contributed by atoms with van der Waals surface area (Å²) >= 11 is 7.83. The zero-order valence-corrected chi connectivity index (χ0v) is 10.8. The Balaban J connectivity index is 2.42. The van der Waals surface area contributed by atoms with Gasteiger partial charge in [-0.3, -0.25) is 0 Å². The summed E-state index contributed by atoms with van der Waals surface area (Å²) in [6, 6.07) is 7.81. The first-order valence-corrected chi connectivity index (χ1v) is 6.27. The van der Waals surface area contributed by atoms with Gasteiger partial charge in [0, 0.05) is 17.0 Å². The first-order chi connectivity index (χ1) is 7.72. The molecule has 0 radical (unpaired) electrons. The largest absolute Gasteiger partial charge is 0.314 e. The van der Waals surface area contributed by atoms with Gasteiger partial charge in [-0.05, 0) is 20.0 Å². The summed E-state index contributed by atoms with van der Waals surface area (Å²) in [6.45, 7) is 2.89. The van der Waals surface area contributed by atoms with E-state index in [1.807, 2.05) is 31.3 Å². The summed E-state index contributed by atoms with van der Waals surface area (Å²) in [5.74, 6) is 0. The lowest BCUT2D eigenvalue weighted by Gasteiger charge is -1.98. The smallest absolute Gasteiger partial charge is 0.125 e. The van der Waals surface area contributed by atoms with Gasteiger partial charge in [-0.25, -0.2) is 4.98 Å². The molecule has 16 heavy (non-hydrogen) atoms. The van der Waals surface area contributed by atoms with Crippen molar-refractivity contribution in [2.24, 2.45) is 0 Å². The van der Waals surface area contributed by atoms with Crippen LogP contribution in [-0.4, -0.2) is 12.0 Å². The Morgan fingerprint density at radius 2 is 2.12 bits per heavy atom. The van der Waals surface area contributed by atoms with Crippen LogP contribution in [0.4, 0.5) is 0 Å². The molecule has 1 heterocycles. The number of nitrogens with zero attached hydrogens (tertiary/aromatic N) is 1. The van der Waals surface area contributed by atoms with Gasteiger partial charge in [0.15, 0.2) is 0 Å². The van der Waals surface area contributed by atoms with E-state index in [0.717, 1.165) is 27.8 Å². The molecule has 0 amide bonds. The third-order valence-corrected chi connectivity index (χ3v) is 3.72. The van der Waals surface area contributed by atoms with E-state index in [1.165, 1.54) is 4.88 Å². The Morgan fingerprint density at radius 1 is 1.38 bits per heavy atom. The molecule has 0 saturated carbocycles. The summed E-state index contributed by atoms with van der Waals surface area (Å²) < 4.78 is 0. The minimum absolute atomic E-state index is 0.757. The van der Waals surface area contributed by atoms with Crippen molar-refractivity contribution in [2.45, 2.75) is 13.5 Å².